The van der Waals surface area contributed by atoms with Crippen molar-refractivity contribution in [3.8, 4) is 5.75 Å². The normalized spacial score (nSPS) is 16.6. The van der Waals surface area contributed by atoms with Crippen LogP contribution in [0.15, 0.2) is 42.5 Å². The average molecular weight is 416 g/mol. The van der Waals surface area contributed by atoms with Gasteiger partial charge in [-0.2, -0.15) is 0 Å². The van der Waals surface area contributed by atoms with Gasteiger partial charge in [0.1, 0.15) is 5.75 Å². The smallest absolute Gasteiger partial charge is 0.231 e. The zero-order valence-electron chi connectivity index (χ0n) is 15.1. The van der Waals surface area contributed by atoms with Crippen molar-refractivity contribution in [3.05, 3.63) is 47.5 Å². The molecule has 0 saturated carbocycles. The van der Waals surface area contributed by atoms with Crippen molar-refractivity contribution in [1.29, 1.82) is 0 Å². The van der Waals surface area contributed by atoms with Gasteiger partial charge in [0.25, 0.3) is 0 Å². The van der Waals surface area contributed by atoms with Gasteiger partial charge in [-0.3, -0.25) is 9.59 Å². The molecule has 0 radical (unpaired) electrons. The fraction of sp³-hybridized carbons (Fsp3) is 0.250. The minimum atomic E-state index is -0.422. The largest absolute Gasteiger partial charge is 0.494 e. The molecule has 3 aromatic rings. The number of amides is 2. The first kappa shape index (κ1) is 18.7. The van der Waals surface area contributed by atoms with Gasteiger partial charge in [0, 0.05) is 23.7 Å². The first-order valence-electron chi connectivity index (χ1n) is 8.93. The molecule has 1 aromatic heterocycles. The van der Waals surface area contributed by atoms with Gasteiger partial charge in [-0.25, -0.2) is 4.98 Å². The molecule has 2 heterocycles. The molecule has 1 aliphatic heterocycles. The van der Waals surface area contributed by atoms with Crippen LogP contribution < -0.4 is 15.0 Å². The predicted molar refractivity (Wildman–Crippen MR) is 111 cm³/mol. The molecule has 2 aromatic carbocycles. The van der Waals surface area contributed by atoms with E-state index in [1.165, 1.54) is 11.3 Å². The number of carbonyl (C=O) groups is 2. The van der Waals surface area contributed by atoms with Crippen LogP contribution in [0, 0.1) is 5.92 Å². The number of fused-ring (bicyclic) bond motifs is 1. The van der Waals surface area contributed by atoms with Crippen LogP contribution in [-0.2, 0) is 9.59 Å². The molecule has 0 spiro atoms. The van der Waals surface area contributed by atoms with E-state index in [0.717, 1.165) is 21.7 Å². The number of nitrogens with zero attached hydrogens (tertiary/aromatic N) is 2. The summed E-state index contributed by atoms with van der Waals surface area (Å²) in [7, 11) is 0. The first-order chi connectivity index (χ1) is 13.5. The number of rotatable bonds is 5. The van der Waals surface area contributed by atoms with Crippen LogP contribution in [0.2, 0.25) is 5.02 Å². The second-order valence-corrected chi connectivity index (χ2v) is 7.92. The molecule has 1 N–H and O–H groups in total. The summed E-state index contributed by atoms with van der Waals surface area (Å²) in [6.45, 7) is 2.86. The minimum absolute atomic E-state index is 0.0758. The van der Waals surface area contributed by atoms with Crippen molar-refractivity contribution in [2.45, 2.75) is 13.3 Å². The number of halogens is 1. The highest BCUT2D eigenvalue weighted by Gasteiger charge is 2.35. The van der Waals surface area contributed by atoms with Gasteiger partial charge < -0.3 is 15.0 Å². The molecule has 1 atom stereocenters. The lowest BCUT2D eigenvalue weighted by atomic mass is 10.1. The Morgan fingerprint density at radius 2 is 2.11 bits per heavy atom. The Morgan fingerprint density at radius 3 is 2.86 bits per heavy atom. The van der Waals surface area contributed by atoms with Crippen molar-refractivity contribution in [3.63, 3.8) is 0 Å². The van der Waals surface area contributed by atoms with Crippen LogP contribution in [0.4, 0.5) is 10.8 Å². The molecular formula is C20H18ClN3O3S. The van der Waals surface area contributed by atoms with E-state index in [0.29, 0.717) is 23.3 Å². The third kappa shape index (κ3) is 3.81. The van der Waals surface area contributed by atoms with Crippen LogP contribution in [0.1, 0.15) is 13.3 Å². The molecule has 1 fully saturated rings. The van der Waals surface area contributed by atoms with Gasteiger partial charge in [0.05, 0.1) is 22.7 Å². The van der Waals surface area contributed by atoms with Gasteiger partial charge in [0.2, 0.25) is 11.8 Å². The van der Waals surface area contributed by atoms with Gasteiger partial charge in [-0.15, -0.1) is 0 Å². The van der Waals surface area contributed by atoms with Crippen LogP contribution >= 0.6 is 22.9 Å². The minimum Gasteiger partial charge on any atom is -0.494 e. The van der Waals surface area contributed by atoms with E-state index < -0.39 is 5.92 Å². The molecule has 144 valence electrons. The highest BCUT2D eigenvalue weighted by Crippen LogP contribution is 2.31. The van der Waals surface area contributed by atoms with Gasteiger partial charge in [-0.05, 0) is 49.4 Å². The van der Waals surface area contributed by atoms with Gasteiger partial charge in [-0.1, -0.05) is 22.9 Å². The van der Waals surface area contributed by atoms with Crippen molar-refractivity contribution < 1.29 is 14.3 Å². The Morgan fingerprint density at radius 1 is 1.32 bits per heavy atom. The molecule has 1 saturated heterocycles. The number of carbonyl (C=O) groups excluding carboxylic acids is 2. The third-order valence-electron chi connectivity index (χ3n) is 4.54. The summed E-state index contributed by atoms with van der Waals surface area (Å²) in [5.41, 5.74) is 1.54. The molecule has 0 bridgehead atoms. The molecule has 6 nitrogen and oxygen atoms in total. The maximum atomic E-state index is 12.7. The second-order valence-electron chi connectivity index (χ2n) is 6.45. The monoisotopic (exact) mass is 415 g/mol. The Balaban J connectivity index is 1.45. The first-order valence-corrected chi connectivity index (χ1v) is 10.1. The summed E-state index contributed by atoms with van der Waals surface area (Å²) in [5, 5.41) is 3.98. The van der Waals surface area contributed by atoms with E-state index in [9.17, 15) is 9.59 Å². The number of hydrogen-bond acceptors (Lipinski definition) is 5. The van der Waals surface area contributed by atoms with E-state index in [4.69, 9.17) is 16.3 Å². The zero-order valence-corrected chi connectivity index (χ0v) is 16.7. The molecular weight excluding hydrogens is 398 g/mol. The average Bonchev–Trinajstić information content (AvgIpc) is 3.25. The van der Waals surface area contributed by atoms with E-state index in [1.54, 1.807) is 29.2 Å². The summed E-state index contributed by atoms with van der Waals surface area (Å²) in [6.07, 6.45) is 0.174. The van der Waals surface area contributed by atoms with Crippen molar-refractivity contribution in [1.82, 2.24) is 4.98 Å². The van der Waals surface area contributed by atoms with Crippen LogP contribution in [0.25, 0.3) is 10.2 Å². The van der Waals surface area contributed by atoms with Gasteiger partial charge in [0.15, 0.2) is 5.13 Å². The Kier molecular flexibility index (Phi) is 5.19. The lowest BCUT2D eigenvalue weighted by molar-refractivity contribution is -0.122. The number of anilines is 2. The molecule has 1 unspecified atom stereocenters. The molecule has 2 amide bonds. The highest BCUT2D eigenvalue weighted by atomic mass is 35.5. The van der Waals surface area contributed by atoms with Gasteiger partial charge >= 0.3 is 0 Å². The number of nitrogens with one attached hydrogen (secondary N) is 1. The van der Waals surface area contributed by atoms with E-state index in [2.05, 4.69) is 10.3 Å². The predicted octanol–water partition coefficient (Wildman–Crippen LogP) is 4.34. The lowest BCUT2D eigenvalue weighted by Gasteiger charge is -2.16. The molecule has 1 aliphatic rings. The zero-order chi connectivity index (χ0) is 19.7. The highest BCUT2D eigenvalue weighted by molar-refractivity contribution is 7.22. The topological polar surface area (TPSA) is 71.5 Å². The Labute approximate surface area is 171 Å². The molecule has 8 heteroatoms. The molecule has 0 aliphatic carbocycles. The molecule has 4 rings (SSSR count). The third-order valence-corrected chi connectivity index (χ3v) is 5.72. The maximum Gasteiger partial charge on any atom is 0.231 e. The summed E-state index contributed by atoms with van der Waals surface area (Å²) in [6, 6.07) is 12.7. The fourth-order valence-electron chi connectivity index (χ4n) is 3.18. The summed E-state index contributed by atoms with van der Waals surface area (Å²) in [4.78, 5) is 31.1. The lowest BCUT2D eigenvalue weighted by Crippen LogP contribution is -2.28. The van der Waals surface area contributed by atoms with Crippen molar-refractivity contribution in [2.75, 3.05) is 23.4 Å². The SMILES string of the molecule is CCOc1ccc2nc(NC(=O)C3CC(=O)N(c4ccc(Cl)cc4)C3)sc2c1. The van der Waals surface area contributed by atoms with E-state index in [1.807, 2.05) is 25.1 Å². The standard InChI is InChI=1S/C20H18ClN3O3S/c1-2-27-15-7-8-16-17(10-15)28-20(22-16)23-19(26)12-9-18(25)24(11-12)14-5-3-13(21)4-6-14/h3-8,10,12H,2,9,11H2,1H3,(H,22,23,26). The maximum absolute atomic E-state index is 12.7. The van der Waals surface area contributed by atoms with Crippen molar-refractivity contribution >= 4 is 55.8 Å². The molecule has 28 heavy (non-hydrogen) atoms. The van der Waals surface area contributed by atoms with E-state index >= 15 is 0 Å². The quantitative estimate of drug-likeness (QED) is 0.672. The summed E-state index contributed by atoms with van der Waals surface area (Å²) < 4.78 is 6.44. The summed E-state index contributed by atoms with van der Waals surface area (Å²) in [5.74, 6) is 0.0766. The number of hydrogen-bond donors (Lipinski definition) is 1. The van der Waals surface area contributed by atoms with E-state index in [-0.39, 0.29) is 18.2 Å². The van der Waals surface area contributed by atoms with Crippen LogP contribution in [0.5, 0.6) is 5.75 Å². The second kappa shape index (κ2) is 7.77. The number of benzene rings is 2. The fourth-order valence-corrected chi connectivity index (χ4v) is 4.20. The van der Waals surface area contributed by atoms with Crippen LogP contribution in [0.3, 0.4) is 0 Å². The number of aromatic nitrogens is 1. The number of thiazole rings is 1. The van der Waals surface area contributed by atoms with Crippen LogP contribution in [-0.4, -0.2) is 29.9 Å². The Hall–Kier alpha value is -2.64. The van der Waals surface area contributed by atoms with Crippen molar-refractivity contribution in [2.24, 2.45) is 5.92 Å². The Bertz CT molecular complexity index is 1030. The number of ether oxygens (including phenoxy) is 1. The summed E-state index contributed by atoms with van der Waals surface area (Å²) >= 11 is 7.29.